The van der Waals surface area contributed by atoms with E-state index in [1.807, 2.05) is 54.1 Å². The third-order valence-electron chi connectivity index (χ3n) is 7.71. The molecule has 1 amide bonds. The molecule has 2 aromatic heterocycles. The minimum absolute atomic E-state index is 0.0128. The number of halogens is 2. The topological polar surface area (TPSA) is 162 Å². The molecular weight excluding hydrogens is 686 g/mol. The number of rotatable bonds is 15. The third kappa shape index (κ3) is 9.97. The van der Waals surface area contributed by atoms with Gasteiger partial charge in [0.15, 0.2) is 17.5 Å². The molecule has 0 aliphatic rings. The number of alkyl carbamates (subject to hydrolysis) is 1. The van der Waals surface area contributed by atoms with Crippen LogP contribution in [0.2, 0.25) is 0 Å². The zero-order valence-corrected chi connectivity index (χ0v) is 29.4. The van der Waals surface area contributed by atoms with Gasteiger partial charge in [-0.1, -0.05) is 42.5 Å². The maximum absolute atomic E-state index is 16.4. The van der Waals surface area contributed by atoms with Crippen LogP contribution in [0, 0.1) is 23.0 Å². The third-order valence-corrected chi connectivity index (χ3v) is 7.71. The van der Waals surface area contributed by atoms with Gasteiger partial charge >= 0.3 is 6.09 Å². The lowest BCUT2D eigenvalue weighted by molar-refractivity contribution is 0.157. The largest absolute Gasteiger partial charge is 0.485 e. The highest BCUT2D eigenvalue weighted by atomic mass is 19.1. The molecule has 13 nitrogen and oxygen atoms in total. The number of nitrogens with two attached hydrogens (primary N) is 1. The van der Waals surface area contributed by atoms with Crippen LogP contribution >= 0.6 is 0 Å². The van der Waals surface area contributed by atoms with E-state index in [0.717, 1.165) is 5.56 Å². The SMILES string of the molecule is CCOC(=O)NC(N)=NCCCCN(C)c1c(F)c(Oc2cccc(-c3nccn3C)c2)nc(Oc2cc(C#N)ccc2OCc2ccccc2)c1F. The molecule has 5 rings (SSSR count). The molecule has 2 heterocycles. The van der Waals surface area contributed by atoms with Crippen molar-refractivity contribution >= 4 is 17.7 Å². The molecule has 53 heavy (non-hydrogen) atoms. The first-order valence-corrected chi connectivity index (χ1v) is 16.6. The minimum atomic E-state index is -1.10. The van der Waals surface area contributed by atoms with Crippen molar-refractivity contribution in [3.05, 3.63) is 108 Å². The first kappa shape index (κ1) is 37.6. The van der Waals surface area contributed by atoms with Crippen LogP contribution in [-0.2, 0) is 18.4 Å². The summed E-state index contributed by atoms with van der Waals surface area (Å²) in [6.07, 6.45) is 3.63. The van der Waals surface area contributed by atoms with Crippen LogP contribution in [0.1, 0.15) is 30.9 Å². The molecule has 0 aliphatic heterocycles. The Bertz CT molecular complexity index is 2100. The van der Waals surface area contributed by atoms with E-state index in [1.54, 1.807) is 37.5 Å². The highest BCUT2D eigenvalue weighted by molar-refractivity contribution is 5.92. The maximum Gasteiger partial charge on any atom is 0.413 e. The average molecular weight is 725 g/mol. The van der Waals surface area contributed by atoms with Gasteiger partial charge in [0.05, 0.1) is 18.2 Å². The number of nitriles is 1. The normalized spacial score (nSPS) is 11.1. The summed E-state index contributed by atoms with van der Waals surface area (Å²) >= 11 is 0. The fourth-order valence-electron chi connectivity index (χ4n) is 5.11. The van der Waals surface area contributed by atoms with E-state index >= 15 is 8.78 Å². The number of pyridine rings is 1. The van der Waals surface area contributed by atoms with Gasteiger partial charge in [0.2, 0.25) is 11.6 Å². The second-order valence-corrected chi connectivity index (χ2v) is 11.6. The van der Waals surface area contributed by atoms with Crippen LogP contribution in [0.3, 0.4) is 0 Å². The van der Waals surface area contributed by atoms with E-state index in [4.69, 9.17) is 24.7 Å². The Morgan fingerprint density at radius 3 is 2.51 bits per heavy atom. The fourth-order valence-corrected chi connectivity index (χ4v) is 5.11. The molecule has 15 heteroatoms. The highest BCUT2D eigenvalue weighted by Gasteiger charge is 2.27. The van der Waals surface area contributed by atoms with Crippen LogP contribution < -0.4 is 30.2 Å². The zero-order valence-electron chi connectivity index (χ0n) is 29.4. The number of guanidine groups is 1. The Morgan fingerprint density at radius 1 is 1.02 bits per heavy atom. The van der Waals surface area contributed by atoms with E-state index in [2.05, 4.69) is 20.3 Å². The lowest BCUT2D eigenvalue weighted by Gasteiger charge is -2.23. The monoisotopic (exact) mass is 724 g/mol. The number of nitrogens with one attached hydrogen (secondary N) is 1. The van der Waals surface area contributed by atoms with Crippen molar-refractivity contribution in [2.45, 2.75) is 26.4 Å². The molecule has 0 atom stereocenters. The van der Waals surface area contributed by atoms with Crippen LogP contribution in [0.5, 0.6) is 29.0 Å². The number of aryl methyl sites for hydroxylation is 1. The molecule has 5 aromatic rings. The number of imidazole rings is 1. The minimum Gasteiger partial charge on any atom is -0.485 e. The number of ether oxygens (including phenoxy) is 4. The summed E-state index contributed by atoms with van der Waals surface area (Å²) in [5, 5.41) is 11.9. The number of aliphatic imine (C=N–C) groups is 1. The van der Waals surface area contributed by atoms with Crippen molar-refractivity contribution in [3.63, 3.8) is 0 Å². The first-order valence-electron chi connectivity index (χ1n) is 16.6. The number of amides is 1. The summed E-state index contributed by atoms with van der Waals surface area (Å²) in [6, 6.07) is 22.6. The Hall–Kier alpha value is -6.69. The first-order chi connectivity index (χ1) is 25.7. The highest BCUT2D eigenvalue weighted by Crippen LogP contribution is 2.40. The quantitative estimate of drug-likeness (QED) is 0.0649. The Balaban J connectivity index is 1.44. The molecule has 0 spiro atoms. The molecule has 274 valence electrons. The van der Waals surface area contributed by atoms with Crippen molar-refractivity contribution in [2.24, 2.45) is 17.8 Å². The molecule has 0 saturated carbocycles. The van der Waals surface area contributed by atoms with Crippen LogP contribution in [0.4, 0.5) is 19.3 Å². The summed E-state index contributed by atoms with van der Waals surface area (Å²) in [5.74, 6) is -2.37. The number of anilines is 1. The van der Waals surface area contributed by atoms with Gasteiger partial charge in [0.25, 0.3) is 11.8 Å². The van der Waals surface area contributed by atoms with Crippen LogP contribution in [-0.4, -0.2) is 53.3 Å². The van der Waals surface area contributed by atoms with Gasteiger partial charge in [0, 0.05) is 51.2 Å². The number of hydrogen-bond donors (Lipinski definition) is 2. The molecule has 0 saturated heterocycles. The van der Waals surface area contributed by atoms with Gasteiger partial charge in [-0.05, 0) is 49.6 Å². The summed E-state index contributed by atoms with van der Waals surface area (Å²) in [5.41, 5.74) is 7.04. The molecule has 0 fully saturated rings. The van der Waals surface area contributed by atoms with Crippen LogP contribution in [0.25, 0.3) is 11.4 Å². The second kappa shape index (κ2) is 18.0. The lowest BCUT2D eigenvalue weighted by atomic mass is 10.2. The number of aromatic nitrogens is 3. The van der Waals surface area contributed by atoms with E-state index < -0.39 is 35.2 Å². The Morgan fingerprint density at radius 2 is 1.79 bits per heavy atom. The van der Waals surface area contributed by atoms with Gasteiger partial charge in [-0.15, -0.1) is 0 Å². The zero-order chi connectivity index (χ0) is 37.7. The fraction of sp³-hybridized carbons (Fsp3) is 0.237. The van der Waals surface area contributed by atoms with E-state index in [9.17, 15) is 10.1 Å². The Kier molecular flexibility index (Phi) is 12.8. The van der Waals surface area contributed by atoms with Gasteiger partial charge in [0.1, 0.15) is 23.9 Å². The molecule has 0 bridgehead atoms. The molecular formula is C38H38F2N8O5. The van der Waals surface area contributed by atoms with Crippen molar-refractivity contribution < 1.29 is 32.5 Å². The summed E-state index contributed by atoms with van der Waals surface area (Å²) < 4.78 is 57.2. The van der Waals surface area contributed by atoms with Crippen molar-refractivity contribution in [3.8, 4) is 46.5 Å². The maximum atomic E-state index is 16.4. The van der Waals surface area contributed by atoms with Crippen molar-refractivity contribution in [1.82, 2.24) is 19.9 Å². The standard InChI is InChI=1S/C38H38F2N8O5/c1-4-50-38(49)46-37(42)44-17-8-9-19-47(2)33-31(39)35(52-28-14-10-13-27(22-28)34-43-18-20-48(34)3)45-36(32(33)40)53-30-21-26(23-41)15-16-29(30)51-24-25-11-6-5-7-12-25/h5-7,10-16,18,20-22H,4,8-9,17,19,24H2,1-3H3,(H3,42,44,46,49). The predicted octanol–water partition coefficient (Wildman–Crippen LogP) is 7.07. The van der Waals surface area contributed by atoms with Crippen LogP contribution in [0.15, 0.2) is 90.2 Å². The lowest BCUT2D eigenvalue weighted by Crippen LogP contribution is -2.37. The van der Waals surface area contributed by atoms with Gasteiger partial charge < -0.3 is 34.1 Å². The predicted molar refractivity (Wildman–Crippen MR) is 194 cm³/mol. The molecule has 3 aromatic carbocycles. The molecule has 0 unspecified atom stereocenters. The number of nitrogens with zero attached hydrogens (tertiary/aromatic N) is 6. The van der Waals surface area contributed by atoms with Gasteiger partial charge in [-0.2, -0.15) is 19.0 Å². The van der Waals surface area contributed by atoms with E-state index in [1.165, 1.54) is 30.1 Å². The number of carbonyl (C=O) groups excluding carboxylic acids is 1. The number of hydrogen-bond acceptors (Lipinski definition) is 10. The van der Waals surface area contributed by atoms with E-state index in [-0.39, 0.29) is 55.1 Å². The van der Waals surface area contributed by atoms with Crippen molar-refractivity contribution in [1.29, 1.82) is 5.26 Å². The number of benzene rings is 3. The average Bonchev–Trinajstić information content (AvgIpc) is 3.59. The van der Waals surface area contributed by atoms with E-state index in [0.29, 0.717) is 24.2 Å². The molecule has 0 radical (unpaired) electrons. The molecule has 3 N–H and O–H groups in total. The summed E-state index contributed by atoms with van der Waals surface area (Å²) in [4.78, 5) is 25.5. The smallest absolute Gasteiger partial charge is 0.413 e. The number of carbonyl (C=O) groups is 1. The van der Waals surface area contributed by atoms with Gasteiger partial charge in [-0.25, -0.2) is 9.78 Å². The number of unbranched alkanes of at least 4 members (excludes halogenated alkanes) is 1. The van der Waals surface area contributed by atoms with Crippen molar-refractivity contribution in [2.75, 3.05) is 31.6 Å². The van der Waals surface area contributed by atoms with Gasteiger partial charge in [-0.3, -0.25) is 10.3 Å². The molecule has 0 aliphatic carbocycles. The Labute approximate surface area is 305 Å². The second-order valence-electron chi connectivity index (χ2n) is 11.6. The summed E-state index contributed by atoms with van der Waals surface area (Å²) in [6.45, 7) is 2.42. The summed E-state index contributed by atoms with van der Waals surface area (Å²) in [7, 11) is 3.35.